The molecule has 2 heterocycles. The Hall–Kier alpha value is -2.00. The fraction of sp³-hybridized carbons (Fsp3) is 0.250. The van der Waals surface area contributed by atoms with Crippen molar-refractivity contribution in [2.45, 2.75) is 12.2 Å². The van der Waals surface area contributed by atoms with Crippen molar-refractivity contribution in [3.05, 3.63) is 24.0 Å². The first-order valence-corrected chi connectivity index (χ1v) is 8.80. The summed E-state index contributed by atoms with van der Waals surface area (Å²) in [4.78, 5) is 8.32. The van der Waals surface area contributed by atoms with Gasteiger partial charge < -0.3 is 10.3 Å². The fourth-order valence-corrected chi connectivity index (χ4v) is 3.04. The van der Waals surface area contributed by atoms with E-state index in [9.17, 15) is 8.42 Å². The summed E-state index contributed by atoms with van der Waals surface area (Å²) in [7, 11) is -3.27. The van der Waals surface area contributed by atoms with Gasteiger partial charge in [-0.3, -0.25) is 0 Å². The summed E-state index contributed by atoms with van der Waals surface area (Å²) in [6.07, 6.45) is 1.14. The Morgan fingerprint density at radius 3 is 2.81 bits per heavy atom. The Bertz CT molecular complexity index is 914. The van der Waals surface area contributed by atoms with Crippen LogP contribution in [0.2, 0.25) is 0 Å². The summed E-state index contributed by atoms with van der Waals surface area (Å²) in [6.45, 7) is 1.52. The van der Waals surface area contributed by atoms with Gasteiger partial charge in [-0.1, -0.05) is 16.5 Å². The van der Waals surface area contributed by atoms with Crippen LogP contribution in [0.5, 0.6) is 0 Å². The van der Waals surface area contributed by atoms with E-state index in [1.165, 1.54) is 18.3 Å². The molecular weight excluding hydrogens is 312 g/mol. The highest BCUT2D eigenvalue weighted by atomic mass is 32.2. The third kappa shape index (κ3) is 2.61. The quantitative estimate of drug-likeness (QED) is 0.784. The maximum absolute atomic E-state index is 11.5. The van der Waals surface area contributed by atoms with Gasteiger partial charge in [0.2, 0.25) is 0 Å². The molecule has 0 aliphatic rings. The highest BCUT2D eigenvalue weighted by Gasteiger charge is 2.23. The van der Waals surface area contributed by atoms with Crippen molar-refractivity contribution in [1.82, 2.24) is 15.1 Å². The van der Waals surface area contributed by atoms with Crippen LogP contribution in [0.25, 0.3) is 21.7 Å². The Kier molecular flexibility index (Phi) is 3.18. The molecule has 0 fully saturated rings. The average Bonchev–Trinajstić information content (AvgIpc) is 3.00. The van der Waals surface area contributed by atoms with Gasteiger partial charge in [-0.05, 0) is 25.1 Å². The van der Waals surface area contributed by atoms with Crippen molar-refractivity contribution in [2.75, 3.05) is 12.0 Å². The molecule has 21 heavy (non-hydrogen) atoms. The van der Waals surface area contributed by atoms with E-state index in [1.54, 1.807) is 12.1 Å². The molecule has 3 aromatic rings. The molecule has 0 aliphatic heterocycles. The van der Waals surface area contributed by atoms with E-state index >= 15 is 0 Å². The van der Waals surface area contributed by atoms with E-state index in [0.29, 0.717) is 10.7 Å². The van der Waals surface area contributed by atoms with Crippen molar-refractivity contribution in [3.8, 4) is 11.5 Å². The standard InChI is InChI=1S/C12H12N4O3S2/c1-6(21(2,17)18)10-15-11(19-16-10)7-3-4-8-9(5-7)20-12(13)14-8/h3-6H,1-2H3,(H2,13,14). The summed E-state index contributed by atoms with van der Waals surface area (Å²) in [5.74, 6) is 0.422. The third-order valence-corrected chi connectivity index (χ3v) is 5.44. The minimum absolute atomic E-state index is 0.149. The molecule has 0 radical (unpaired) electrons. The predicted octanol–water partition coefficient (Wildman–Crippen LogP) is 2.03. The number of nitrogens with two attached hydrogens (primary N) is 1. The van der Waals surface area contributed by atoms with Crippen LogP contribution in [0.1, 0.15) is 18.0 Å². The zero-order chi connectivity index (χ0) is 15.2. The first-order valence-electron chi connectivity index (χ1n) is 6.03. The fourth-order valence-electron chi connectivity index (χ4n) is 1.78. The first-order chi connectivity index (χ1) is 9.84. The van der Waals surface area contributed by atoms with E-state index in [-0.39, 0.29) is 11.7 Å². The highest BCUT2D eigenvalue weighted by Crippen LogP contribution is 2.29. The maximum Gasteiger partial charge on any atom is 0.258 e. The largest absolute Gasteiger partial charge is 0.375 e. The Balaban J connectivity index is 2.01. The Labute approximate surface area is 124 Å². The number of nitrogens with zero attached hydrogens (tertiary/aromatic N) is 3. The number of hydrogen-bond donors (Lipinski definition) is 1. The lowest BCUT2D eigenvalue weighted by Crippen LogP contribution is -2.09. The van der Waals surface area contributed by atoms with Crippen LogP contribution in [0.15, 0.2) is 22.7 Å². The number of rotatable bonds is 3. The van der Waals surface area contributed by atoms with Crippen LogP contribution in [-0.4, -0.2) is 29.8 Å². The van der Waals surface area contributed by atoms with Crippen LogP contribution in [0.3, 0.4) is 0 Å². The molecule has 110 valence electrons. The normalized spacial score (nSPS) is 13.6. The molecule has 1 unspecified atom stereocenters. The monoisotopic (exact) mass is 324 g/mol. The van der Waals surface area contributed by atoms with Crippen LogP contribution >= 0.6 is 11.3 Å². The summed E-state index contributed by atoms with van der Waals surface area (Å²) < 4.78 is 29.1. The number of fused-ring (bicyclic) bond motifs is 1. The van der Waals surface area contributed by atoms with Crippen molar-refractivity contribution in [1.29, 1.82) is 0 Å². The molecule has 9 heteroatoms. The number of nitrogen functional groups attached to an aromatic ring is 1. The summed E-state index contributed by atoms with van der Waals surface area (Å²) in [6, 6.07) is 5.43. The molecule has 0 amide bonds. The number of anilines is 1. The zero-order valence-corrected chi connectivity index (χ0v) is 12.9. The second-order valence-electron chi connectivity index (χ2n) is 4.66. The van der Waals surface area contributed by atoms with Crippen molar-refractivity contribution in [3.63, 3.8) is 0 Å². The van der Waals surface area contributed by atoms with Crippen LogP contribution < -0.4 is 5.73 Å². The van der Waals surface area contributed by atoms with Crippen LogP contribution in [0, 0.1) is 0 Å². The Morgan fingerprint density at radius 2 is 2.10 bits per heavy atom. The van der Waals surface area contributed by atoms with Gasteiger partial charge in [0, 0.05) is 11.8 Å². The van der Waals surface area contributed by atoms with Gasteiger partial charge in [-0.15, -0.1) is 0 Å². The lowest BCUT2D eigenvalue weighted by Gasteiger charge is -2.01. The predicted molar refractivity (Wildman–Crippen MR) is 80.6 cm³/mol. The van der Waals surface area contributed by atoms with Gasteiger partial charge in [0.05, 0.1) is 10.2 Å². The first kappa shape index (κ1) is 14.0. The number of benzene rings is 1. The van der Waals surface area contributed by atoms with Gasteiger partial charge in [0.15, 0.2) is 20.8 Å². The van der Waals surface area contributed by atoms with Crippen molar-refractivity contribution >= 4 is 36.5 Å². The second-order valence-corrected chi connectivity index (χ2v) is 8.09. The smallest absolute Gasteiger partial charge is 0.258 e. The van der Waals surface area contributed by atoms with E-state index in [2.05, 4.69) is 15.1 Å². The molecule has 2 N–H and O–H groups in total. The van der Waals surface area contributed by atoms with Gasteiger partial charge in [0.1, 0.15) is 5.25 Å². The van der Waals surface area contributed by atoms with E-state index in [0.717, 1.165) is 16.5 Å². The third-order valence-electron chi connectivity index (χ3n) is 3.10. The number of aromatic nitrogens is 3. The summed E-state index contributed by atoms with van der Waals surface area (Å²) in [5, 5.41) is 3.42. The zero-order valence-electron chi connectivity index (χ0n) is 11.3. The summed E-state index contributed by atoms with van der Waals surface area (Å²) in [5.41, 5.74) is 7.16. The lowest BCUT2D eigenvalue weighted by molar-refractivity contribution is 0.422. The lowest BCUT2D eigenvalue weighted by atomic mass is 10.2. The molecule has 1 atom stereocenters. The van der Waals surface area contributed by atoms with Gasteiger partial charge in [-0.25, -0.2) is 13.4 Å². The highest BCUT2D eigenvalue weighted by molar-refractivity contribution is 7.90. The van der Waals surface area contributed by atoms with Crippen LogP contribution in [-0.2, 0) is 9.84 Å². The molecule has 7 nitrogen and oxygen atoms in total. The van der Waals surface area contributed by atoms with Crippen molar-refractivity contribution < 1.29 is 12.9 Å². The second kappa shape index (κ2) is 4.78. The number of thiazole rings is 1. The minimum atomic E-state index is -3.27. The van der Waals surface area contributed by atoms with E-state index in [1.807, 2.05) is 6.07 Å². The Morgan fingerprint density at radius 1 is 1.33 bits per heavy atom. The number of sulfone groups is 1. The van der Waals surface area contributed by atoms with Crippen LogP contribution in [0.4, 0.5) is 5.13 Å². The maximum atomic E-state index is 11.5. The molecule has 2 aromatic heterocycles. The molecule has 0 saturated carbocycles. The molecule has 0 bridgehead atoms. The molecule has 0 spiro atoms. The van der Waals surface area contributed by atoms with E-state index in [4.69, 9.17) is 10.3 Å². The van der Waals surface area contributed by atoms with E-state index < -0.39 is 15.1 Å². The molecule has 0 aliphatic carbocycles. The summed E-state index contributed by atoms with van der Waals surface area (Å²) >= 11 is 1.36. The molecule has 1 aromatic carbocycles. The van der Waals surface area contributed by atoms with Gasteiger partial charge in [-0.2, -0.15) is 4.98 Å². The average molecular weight is 324 g/mol. The van der Waals surface area contributed by atoms with Crippen molar-refractivity contribution in [2.24, 2.45) is 0 Å². The van der Waals surface area contributed by atoms with Gasteiger partial charge >= 0.3 is 0 Å². The molecule has 0 saturated heterocycles. The minimum Gasteiger partial charge on any atom is -0.375 e. The van der Waals surface area contributed by atoms with Gasteiger partial charge in [0.25, 0.3) is 5.89 Å². The molecule has 3 rings (SSSR count). The topological polar surface area (TPSA) is 112 Å². The number of hydrogen-bond acceptors (Lipinski definition) is 8. The molecular formula is C12H12N4O3S2. The SMILES string of the molecule is CC(c1noc(-c2ccc3nc(N)sc3c2)n1)S(C)(=O)=O.